The number of nitrogens with one attached hydrogen (secondary N) is 1. The van der Waals surface area contributed by atoms with E-state index in [0.717, 1.165) is 0 Å². The predicted octanol–water partition coefficient (Wildman–Crippen LogP) is 0.634. The minimum atomic E-state index is -0.550. The molecule has 0 aromatic heterocycles. The standard InChI is InChI=1S/C11H10FN3O/c12-10-5-9(2-1-8(10)6-13)15-4-3-14-11(16)7-15/h1-2,5H,3-4,7H2,(H,14,16). The van der Waals surface area contributed by atoms with Crippen LogP contribution in [-0.2, 0) is 4.79 Å². The highest BCUT2D eigenvalue weighted by Gasteiger charge is 2.17. The Labute approximate surface area is 92.3 Å². The maximum atomic E-state index is 13.4. The molecule has 1 saturated heterocycles. The van der Waals surface area contributed by atoms with Gasteiger partial charge in [-0.05, 0) is 18.2 Å². The van der Waals surface area contributed by atoms with Gasteiger partial charge in [-0.1, -0.05) is 0 Å². The molecule has 1 amide bonds. The van der Waals surface area contributed by atoms with Crippen LogP contribution in [0.4, 0.5) is 10.1 Å². The van der Waals surface area contributed by atoms with Gasteiger partial charge < -0.3 is 10.2 Å². The van der Waals surface area contributed by atoms with E-state index in [4.69, 9.17) is 5.26 Å². The lowest BCUT2D eigenvalue weighted by Crippen LogP contribution is -2.47. The molecule has 2 rings (SSSR count). The molecule has 0 saturated carbocycles. The van der Waals surface area contributed by atoms with Crippen LogP contribution in [0.3, 0.4) is 0 Å². The number of carbonyl (C=O) groups is 1. The fraction of sp³-hybridized carbons (Fsp3) is 0.273. The molecule has 0 atom stereocenters. The molecule has 1 aliphatic rings. The molecule has 0 unspecified atom stereocenters. The molecule has 0 aliphatic carbocycles. The Balaban J connectivity index is 2.24. The number of nitrogens with zero attached hydrogens (tertiary/aromatic N) is 2. The van der Waals surface area contributed by atoms with Gasteiger partial charge in [0.25, 0.3) is 0 Å². The number of amides is 1. The maximum absolute atomic E-state index is 13.4. The second kappa shape index (κ2) is 4.19. The Morgan fingerprint density at radius 2 is 2.31 bits per heavy atom. The van der Waals surface area contributed by atoms with E-state index in [1.165, 1.54) is 12.1 Å². The van der Waals surface area contributed by atoms with Crippen LogP contribution in [0.25, 0.3) is 0 Å². The van der Waals surface area contributed by atoms with Crippen LogP contribution in [0.2, 0.25) is 0 Å². The highest BCUT2D eigenvalue weighted by Crippen LogP contribution is 2.18. The summed E-state index contributed by atoms with van der Waals surface area (Å²) in [5.74, 6) is -0.623. The average molecular weight is 219 g/mol. The molecular formula is C11H10FN3O. The minimum absolute atomic E-state index is 0.0187. The molecule has 5 heteroatoms. The van der Waals surface area contributed by atoms with Gasteiger partial charge in [0.05, 0.1) is 12.1 Å². The maximum Gasteiger partial charge on any atom is 0.239 e. The van der Waals surface area contributed by atoms with E-state index >= 15 is 0 Å². The number of rotatable bonds is 1. The minimum Gasteiger partial charge on any atom is -0.360 e. The van der Waals surface area contributed by atoms with Crippen molar-refractivity contribution < 1.29 is 9.18 Å². The van der Waals surface area contributed by atoms with Gasteiger partial charge in [-0.3, -0.25) is 4.79 Å². The normalized spacial score (nSPS) is 15.5. The summed E-state index contributed by atoms with van der Waals surface area (Å²) in [6.45, 7) is 1.43. The van der Waals surface area contributed by atoms with Crippen molar-refractivity contribution >= 4 is 11.6 Å². The van der Waals surface area contributed by atoms with E-state index in [1.807, 2.05) is 0 Å². The van der Waals surface area contributed by atoms with Crippen LogP contribution in [0.5, 0.6) is 0 Å². The third-order valence-electron chi connectivity index (χ3n) is 2.48. The van der Waals surface area contributed by atoms with E-state index in [0.29, 0.717) is 18.8 Å². The largest absolute Gasteiger partial charge is 0.360 e. The van der Waals surface area contributed by atoms with Gasteiger partial charge in [-0.25, -0.2) is 4.39 Å². The van der Waals surface area contributed by atoms with Crippen molar-refractivity contribution in [1.29, 1.82) is 5.26 Å². The van der Waals surface area contributed by atoms with Crippen molar-refractivity contribution in [3.05, 3.63) is 29.6 Å². The van der Waals surface area contributed by atoms with Crippen LogP contribution in [0.1, 0.15) is 5.56 Å². The Morgan fingerprint density at radius 3 is 2.94 bits per heavy atom. The van der Waals surface area contributed by atoms with Crippen molar-refractivity contribution in [3.8, 4) is 6.07 Å². The van der Waals surface area contributed by atoms with Gasteiger partial charge in [0.15, 0.2) is 0 Å². The molecule has 1 aliphatic heterocycles. The van der Waals surface area contributed by atoms with Crippen molar-refractivity contribution in [1.82, 2.24) is 5.32 Å². The molecular weight excluding hydrogens is 209 g/mol. The summed E-state index contributed by atoms with van der Waals surface area (Å²) >= 11 is 0. The second-order valence-electron chi connectivity index (χ2n) is 3.55. The van der Waals surface area contributed by atoms with Crippen molar-refractivity contribution in [2.24, 2.45) is 0 Å². The lowest BCUT2D eigenvalue weighted by Gasteiger charge is -2.28. The number of carbonyl (C=O) groups excluding carboxylic acids is 1. The summed E-state index contributed by atoms with van der Waals surface area (Å²) in [6.07, 6.45) is 0. The van der Waals surface area contributed by atoms with Gasteiger partial charge in [0.2, 0.25) is 5.91 Å². The zero-order valence-corrected chi connectivity index (χ0v) is 8.53. The van der Waals surface area contributed by atoms with Crippen LogP contribution < -0.4 is 10.2 Å². The molecule has 4 nitrogen and oxygen atoms in total. The molecule has 0 bridgehead atoms. The summed E-state index contributed by atoms with van der Waals surface area (Å²) in [6, 6.07) is 6.13. The quantitative estimate of drug-likeness (QED) is 0.753. The second-order valence-corrected chi connectivity index (χ2v) is 3.55. The summed E-state index contributed by atoms with van der Waals surface area (Å²) in [7, 11) is 0. The van der Waals surface area contributed by atoms with Crippen molar-refractivity contribution in [2.75, 3.05) is 24.5 Å². The van der Waals surface area contributed by atoms with Gasteiger partial charge in [-0.15, -0.1) is 0 Å². The smallest absolute Gasteiger partial charge is 0.239 e. The number of piperazine rings is 1. The topological polar surface area (TPSA) is 56.1 Å². The van der Waals surface area contributed by atoms with Gasteiger partial charge in [0, 0.05) is 18.8 Å². The molecule has 1 N–H and O–H groups in total. The van der Waals surface area contributed by atoms with Crippen LogP contribution >= 0.6 is 0 Å². The SMILES string of the molecule is N#Cc1ccc(N2CCNC(=O)C2)cc1F. The molecule has 82 valence electrons. The first-order valence-corrected chi connectivity index (χ1v) is 4.92. The van der Waals surface area contributed by atoms with Gasteiger partial charge >= 0.3 is 0 Å². The van der Waals surface area contributed by atoms with E-state index < -0.39 is 5.82 Å². The predicted molar refractivity (Wildman–Crippen MR) is 56.3 cm³/mol. The van der Waals surface area contributed by atoms with Crippen molar-refractivity contribution in [2.45, 2.75) is 0 Å². The van der Waals surface area contributed by atoms with Crippen LogP contribution in [0, 0.1) is 17.1 Å². The first kappa shape index (κ1) is 10.4. The number of benzene rings is 1. The van der Waals surface area contributed by atoms with Gasteiger partial charge in [-0.2, -0.15) is 5.26 Å². The monoisotopic (exact) mass is 219 g/mol. The number of halogens is 1. The molecule has 1 heterocycles. The molecule has 1 aromatic rings. The first-order valence-electron chi connectivity index (χ1n) is 4.92. The summed E-state index contributed by atoms with van der Waals surface area (Å²) in [4.78, 5) is 12.9. The highest BCUT2D eigenvalue weighted by atomic mass is 19.1. The fourth-order valence-electron chi connectivity index (χ4n) is 1.65. The van der Waals surface area contributed by atoms with Gasteiger partial charge in [0.1, 0.15) is 11.9 Å². The Bertz CT molecular complexity index is 467. The average Bonchev–Trinajstić information content (AvgIpc) is 2.29. The number of anilines is 1. The van der Waals surface area contributed by atoms with E-state index in [2.05, 4.69) is 5.32 Å². The Morgan fingerprint density at radius 1 is 1.50 bits per heavy atom. The fourth-order valence-corrected chi connectivity index (χ4v) is 1.65. The third-order valence-corrected chi connectivity index (χ3v) is 2.48. The number of hydrogen-bond acceptors (Lipinski definition) is 3. The Hall–Kier alpha value is -2.09. The molecule has 16 heavy (non-hydrogen) atoms. The third kappa shape index (κ3) is 1.96. The summed E-state index contributed by atoms with van der Waals surface area (Å²) in [5, 5.41) is 11.3. The summed E-state index contributed by atoms with van der Waals surface area (Å²) in [5.41, 5.74) is 0.650. The van der Waals surface area contributed by atoms with E-state index in [9.17, 15) is 9.18 Å². The zero-order chi connectivity index (χ0) is 11.5. The van der Waals surface area contributed by atoms with Crippen molar-refractivity contribution in [3.63, 3.8) is 0 Å². The van der Waals surface area contributed by atoms with Crippen LogP contribution in [-0.4, -0.2) is 25.5 Å². The van der Waals surface area contributed by atoms with E-state index in [-0.39, 0.29) is 18.0 Å². The lowest BCUT2D eigenvalue weighted by molar-refractivity contribution is -0.120. The first-order chi connectivity index (χ1) is 7.70. The molecule has 0 spiro atoms. The molecule has 1 fully saturated rings. The number of nitriles is 1. The highest BCUT2D eigenvalue weighted by molar-refractivity contribution is 5.82. The molecule has 0 radical (unpaired) electrons. The van der Waals surface area contributed by atoms with E-state index in [1.54, 1.807) is 17.0 Å². The lowest BCUT2D eigenvalue weighted by atomic mass is 10.2. The zero-order valence-electron chi connectivity index (χ0n) is 8.53. The number of hydrogen-bond donors (Lipinski definition) is 1. The Kier molecular flexibility index (Phi) is 2.73. The molecule has 1 aromatic carbocycles. The summed E-state index contributed by atoms with van der Waals surface area (Å²) < 4.78 is 13.4. The van der Waals surface area contributed by atoms with Crippen LogP contribution in [0.15, 0.2) is 18.2 Å².